The normalized spacial score (nSPS) is 17.8. The highest BCUT2D eigenvalue weighted by atomic mass is 16.5. The van der Waals surface area contributed by atoms with Gasteiger partial charge in [0.1, 0.15) is 7.85 Å². The van der Waals surface area contributed by atoms with Crippen molar-refractivity contribution in [2.24, 2.45) is 23.7 Å². The molecule has 0 aliphatic carbocycles. The molecule has 0 aromatic carbocycles. The van der Waals surface area contributed by atoms with Crippen molar-refractivity contribution in [1.82, 2.24) is 0 Å². The number of hydrogen-bond acceptors (Lipinski definition) is 1. The highest BCUT2D eigenvalue weighted by molar-refractivity contribution is 6.11. The Morgan fingerprint density at radius 1 is 1.00 bits per heavy atom. The predicted octanol–water partition coefficient (Wildman–Crippen LogP) is 3.33. The lowest BCUT2D eigenvalue weighted by molar-refractivity contribution is 0.0651. The van der Waals surface area contributed by atoms with Gasteiger partial charge in [-0.15, -0.1) is 0 Å². The molecule has 16 heavy (non-hydrogen) atoms. The van der Waals surface area contributed by atoms with E-state index < -0.39 is 0 Å². The lowest BCUT2D eigenvalue weighted by atomic mass is 9.71. The molecule has 0 N–H and O–H groups in total. The molecule has 2 heteroatoms. The molecule has 3 unspecified atom stereocenters. The second kappa shape index (κ2) is 8.17. The van der Waals surface area contributed by atoms with E-state index in [1.54, 1.807) is 0 Å². The molecular weight excluding hydrogens is 195 g/mol. The first-order valence-corrected chi connectivity index (χ1v) is 6.95. The van der Waals surface area contributed by atoms with Gasteiger partial charge in [0.25, 0.3) is 0 Å². The highest BCUT2D eigenvalue weighted by Crippen LogP contribution is 2.31. The number of hydrogen-bond donors (Lipinski definition) is 0. The average molecular weight is 226 g/mol. The molecule has 0 amide bonds. The summed E-state index contributed by atoms with van der Waals surface area (Å²) in [6.45, 7) is 11.6. The largest absolute Gasteiger partial charge is 0.390 e. The molecule has 0 saturated heterocycles. The zero-order valence-corrected chi connectivity index (χ0v) is 12.4. The van der Waals surface area contributed by atoms with Gasteiger partial charge in [-0.05, 0) is 36.5 Å². The van der Waals surface area contributed by atoms with Crippen LogP contribution in [-0.2, 0) is 4.74 Å². The predicted molar refractivity (Wildman–Crippen MR) is 75.5 cm³/mol. The van der Waals surface area contributed by atoms with E-state index in [0.717, 1.165) is 23.7 Å². The molecule has 0 aliphatic heterocycles. The first-order chi connectivity index (χ1) is 7.42. The molecule has 0 aromatic heterocycles. The van der Waals surface area contributed by atoms with Gasteiger partial charge < -0.3 is 4.74 Å². The topological polar surface area (TPSA) is 9.23 Å². The molecule has 0 heterocycles. The number of ether oxygens (including phenoxy) is 1. The third-order valence-corrected chi connectivity index (χ3v) is 3.62. The van der Waals surface area contributed by atoms with Crippen LogP contribution in [0, 0.1) is 23.7 Å². The van der Waals surface area contributed by atoms with Crippen LogP contribution < -0.4 is 0 Å². The molecule has 0 radical (unpaired) electrons. The fourth-order valence-corrected chi connectivity index (χ4v) is 2.74. The Morgan fingerprint density at radius 2 is 1.50 bits per heavy atom. The lowest BCUT2D eigenvalue weighted by Crippen LogP contribution is -2.31. The van der Waals surface area contributed by atoms with Crippen molar-refractivity contribution >= 4 is 7.85 Å². The van der Waals surface area contributed by atoms with E-state index in [1.807, 2.05) is 7.11 Å². The van der Waals surface area contributed by atoms with Crippen molar-refractivity contribution in [1.29, 1.82) is 0 Å². The molecule has 0 aliphatic rings. The number of methoxy groups -OCH3 is 1. The molecule has 0 bridgehead atoms. The maximum absolute atomic E-state index is 5.58. The minimum atomic E-state index is 0.395. The summed E-state index contributed by atoms with van der Waals surface area (Å²) in [7, 11) is 4.08. The van der Waals surface area contributed by atoms with Crippen molar-refractivity contribution < 1.29 is 4.74 Å². The highest BCUT2D eigenvalue weighted by Gasteiger charge is 2.26. The Bertz CT molecular complexity index is 168. The Balaban J connectivity index is 4.54. The summed E-state index contributed by atoms with van der Waals surface area (Å²) in [5.74, 6) is 3.10. The second-order valence-corrected chi connectivity index (χ2v) is 6.03. The first-order valence-electron chi connectivity index (χ1n) is 6.95. The SMILES string of the molecule is BC(OC)C(CC(C)C)C(CC)CC(C)C. The molecule has 0 spiro atoms. The van der Waals surface area contributed by atoms with Crippen molar-refractivity contribution in [3.05, 3.63) is 0 Å². The van der Waals surface area contributed by atoms with Gasteiger partial charge in [-0.25, -0.2) is 0 Å². The first kappa shape index (κ1) is 16.0. The Kier molecular flexibility index (Phi) is 8.18. The van der Waals surface area contributed by atoms with Crippen molar-refractivity contribution in [3.63, 3.8) is 0 Å². The van der Waals surface area contributed by atoms with Crippen LogP contribution in [0.1, 0.15) is 53.9 Å². The summed E-state index contributed by atoms with van der Waals surface area (Å²) in [4.78, 5) is 0. The van der Waals surface area contributed by atoms with Gasteiger partial charge in [0, 0.05) is 13.1 Å². The second-order valence-electron chi connectivity index (χ2n) is 6.03. The van der Waals surface area contributed by atoms with Gasteiger partial charge in [0.15, 0.2) is 0 Å². The molecule has 0 fully saturated rings. The molecule has 0 saturated carbocycles. The van der Waals surface area contributed by atoms with Crippen LogP contribution in [0.2, 0.25) is 0 Å². The van der Waals surface area contributed by atoms with E-state index in [1.165, 1.54) is 19.3 Å². The standard InChI is InChI=1S/C14H31BO/c1-7-12(8-10(2)3)13(9-11(4)5)14(15)16-6/h10-14H,7-9,15H2,1-6H3. The fourth-order valence-electron chi connectivity index (χ4n) is 2.74. The summed E-state index contributed by atoms with van der Waals surface area (Å²) in [5, 5.41) is 0. The van der Waals surface area contributed by atoms with E-state index in [9.17, 15) is 0 Å². The molecular formula is C14H31BO. The van der Waals surface area contributed by atoms with Crippen molar-refractivity contribution in [2.75, 3.05) is 7.11 Å². The Labute approximate surface area is 104 Å². The van der Waals surface area contributed by atoms with E-state index in [0.29, 0.717) is 6.00 Å². The van der Waals surface area contributed by atoms with E-state index >= 15 is 0 Å². The van der Waals surface area contributed by atoms with Gasteiger partial charge in [-0.3, -0.25) is 0 Å². The van der Waals surface area contributed by atoms with Gasteiger partial charge in [0.05, 0.1) is 0 Å². The third-order valence-electron chi connectivity index (χ3n) is 3.62. The van der Waals surface area contributed by atoms with Gasteiger partial charge in [0.2, 0.25) is 0 Å². The lowest BCUT2D eigenvalue weighted by Gasteiger charge is -2.33. The van der Waals surface area contributed by atoms with Crippen LogP contribution in [0.3, 0.4) is 0 Å². The molecule has 96 valence electrons. The number of rotatable bonds is 8. The van der Waals surface area contributed by atoms with Crippen LogP contribution in [0.15, 0.2) is 0 Å². The maximum atomic E-state index is 5.58. The summed E-state index contributed by atoms with van der Waals surface area (Å²) in [5.41, 5.74) is 0. The summed E-state index contributed by atoms with van der Waals surface area (Å²) >= 11 is 0. The van der Waals surface area contributed by atoms with Crippen LogP contribution >= 0.6 is 0 Å². The van der Waals surface area contributed by atoms with Crippen LogP contribution in [0.5, 0.6) is 0 Å². The van der Waals surface area contributed by atoms with E-state index in [2.05, 4.69) is 42.5 Å². The zero-order chi connectivity index (χ0) is 12.7. The van der Waals surface area contributed by atoms with E-state index in [4.69, 9.17) is 4.74 Å². The van der Waals surface area contributed by atoms with Gasteiger partial charge in [-0.1, -0.05) is 41.0 Å². The summed E-state index contributed by atoms with van der Waals surface area (Å²) in [6, 6.07) is 0.395. The van der Waals surface area contributed by atoms with Crippen LogP contribution in [-0.4, -0.2) is 21.0 Å². The quantitative estimate of drug-likeness (QED) is 0.577. The average Bonchev–Trinajstić information content (AvgIpc) is 2.21. The Hall–Kier alpha value is 0.0249. The third kappa shape index (κ3) is 5.93. The monoisotopic (exact) mass is 226 g/mol. The van der Waals surface area contributed by atoms with E-state index in [-0.39, 0.29) is 0 Å². The summed E-state index contributed by atoms with van der Waals surface area (Å²) in [6.07, 6.45) is 3.91. The minimum absolute atomic E-state index is 0.395. The summed E-state index contributed by atoms with van der Waals surface area (Å²) < 4.78 is 5.58. The fraction of sp³-hybridized carbons (Fsp3) is 1.00. The van der Waals surface area contributed by atoms with Crippen molar-refractivity contribution in [2.45, 2.75) is 59.9 Å². The van der Waals surface area contributed by atoms with Crippen LogP contribution in [0.4, 0.5) is 0 Å². The smallest absolute Gasteiger partial charge is 0.139 e. The minimum Gasteiger partial charge on any atom is -0.390 e. The van der Waals surface area contributed by atoms with Gasteiger partial charge in [-0.2, -0.15) is 0 Å². The molecule has 3 atom stereocenters. The molecule has 1 nitrogen and oxygen atoms in total. The van der Waals surface area contributed by atoms with Crippen molar-refractivity contribution in [3.8, 4) is 0 Å². The van der Waals surface area contributed by atoms with Crippen LogP contribution in [0.25, 0.3) is 0 Å². The molecule has 0 aromatic rings. The zero-order valence-electron chi connectivity index (χ0n) is 12.4. The molecule has 0 rings (SSSR count). The van der Waals surface area contributed by atoms with Gasteiger partial charge >= 0.3 is 0 Å². The maximum Gasteiger partial charge on any atom is 0.139 e. The Morgan fingerprint density at radius 3 is 1.81 bits per heavy atom.